The van der Waals surface area contributed by atoms with Crippen LogP contribution in [0, 0.1) is 5.92 Å². The number of amides is 3. The molecule has 0 aliphatic rings. The standard InChI is InChI=1S/C21H25F3N4O3/c1-14(2)17(28-20(30)27-11-15-7-4-3-5-8-15)18(29)26-12-16-9-6-10-25-19(16)31-13-21(22,23)24/h3-10,14,17H,11-13H2,1-2H3,(H,26,29)(H2,27,28,30). The van der Waals surface area contributed by atoms with Crippen LogP contribution in [0.3, 0.4) is 0 Å². The van der Waals surface area contributed by atoms with Crippen molar-refractivity contribution >= 4 is 11.9 Å². The molecule has 0 radical (unpaired) electrons. The van der Waals surface area contributed by atoms with Gasteiger partial charge in [0.25, 0.3) is 0 Å². The predicted octanol–water partition coefficient (Wildman–Crippen LogP) is 3.16. The molecule has 168 valence electrons. The van der Waals surface area contributed by atoms with Crippen molar-refractivity contribution in [2.24, 2.45) is 5.92 Å². The van der Waals surface area contributed by atoms with Crippen molar-refractivity contribution in [1.29, 1.82) is 0 Å². The lowest BCUT2D eigenvalue weighted by Gasteiger charge is -2.22. The first-order chi connectivity index (χ1) is 14.7. The van der Waals surface area contributed by atoms with E-state index in [-0.39, 0.29) is 23.9 Å². The van der Waals surface area contributed by atoms with Crippen LogP contribution in [0.2, 0.25) is 0 Å². The van der Waals surface area contributed by atoms with Crippen molar-refractivity contribution in [3.8, 4) is 5.88 Å². The fraction of sp³-hybridized carbons (Fsp3) is 0.381. The number of rotatable bonds is 9. The molecule has 0 bridgehead atoms. The molecule has 0 saturated heterocycles. The third kappa shape index (κ3) is 8.53. The van der Waals surface area contributed by atoms with Crippen LogP contribution in [-0.4, -0.2) is 35.7 Å². The summed E-state index contributed by atoms with van der Waals surface area (Å²) in [4.78, 5) is 28.6. The molecule has 3 amide bonds. The number of nitrogens with zero attached hydrogens (tertiary/aromatic N) is 1. The lowest BCUT2D eigenvalue weighted by atomic mass is 10.0. The van der Waals surface area contributed by atoms with Crippen LogP contribution in [-0.2, 0) is 17.9 Å². The number of hydrogen-bond acceptors (Lipinski definition) is 4. The van der Waals surface area contributed by atoms with Crippen molar-refractivity contribution in [2.75, 3.05) is 6.61 Å². The Morgan fingerprint density at radius 3 is 2.39 bits per heavy atom. The zero-order valence-electron chi connectivity index (χ0n) is 17.2. The molecule has 0 spiro atoms. The summed E-state index contributed by atoms with van der Waals surface area (Å²) >= 11 is 0. The van der Waals surface area contributed by atoms with E-state index in [1.165, 1.54) is 18.3 Å². The third-order valence-electron chi connectivity index (χ3n) is 4.21. The van der Waals surface area contributed by atoms with Gasteiger partial charge in [0, 0.05) is 24.8 Å². The topological polar surface area (TPSA) is 92.4 Å². The normalized spacial score (nSPS) is 12.2. The minimum absolute atomic E-state index is 0.101. The van der Waals surface area contributed by atoms with Gasteiger partial charge in [0.05, 0.1) is 0 Å². The van der Waals surface area contributed by atoms with Gasteiger partial charge in [-0.1, -0.05) is 50.2 Å². The van der Waals surface area contributed by atoms with Crippen LogP contribution in [0.15, 0.2) is 48.7 Å². The summed E-state index contributed by atoms with van der Waals surface area (Å²) in [5, 5.41) is 7.93. The molecule has 0 saturated carbocycles. The lowest BCUT2D eigenvalue weighted by molar-refractivity contribution is -0.154. The zero-order chi connectivity index (χ0) is 22.9. The van der Waals surface area contributed by atoms with Gasteiger partial charge >= 0.3 is 12.2 Å². The van der Waals surface area contributed by atoms with Crippen LogP contribution in [0.4, 0.5) is 18.0 Å². The Kier molecular flexibility index (Phi) is 8.65. The molecule has 1 atom stereocenters. The number of ether oxygens (including phenoxy) is 1. The van der Waals surface area contributed by atoms with E-state index in [1.54, 1.807) is 13.8 Å². The van der Waals surface area contributed by atoms with E-state index in [0.717, 1.165) is 5.56 Å². The first kappa shape index (κ1) is 24.0. The Labute approximate surface area is 178 Å². The quantitative estimate of drug-likeness (QED) is 0.561. The number of benzene rings is 1. The molecule has 0 fully saturated rings. The van der Waals surface area contributed by atoms with E-state index in [0.29, 0.717) is 6.54 Å². The highest BCUT2D eigenvalue weighted by Crippen LogP contribution is 2.20. The average molecular weight is 438 g/mol. The van der Waals surface area contributed by atoms with Gasteiger partial charge in [0.15, 0.2) is 6.61 Å². The van der Waals surface area contributed by atoms with Gasteiger partial charge in [0.2, 0.25) is 11.8 Å². The van der Waals surface area contributed by atoms with E-state index < -0.39 is 30.8 Å². The highest BCUT2D eigenvalue weighted by molar-refractivity contribution is 5.87. The van der Waals surface area contributed by atoms with Gasteiger partial charge in [-0.15, -0.1) is 0 Å². The third-order valence-corrected chi connectivity index (χ3v) is 4.21. The smallest absolute Gasteiger partial charge is 0.422 e. The summed E-state index contributed by atoms with van der Waals surface area (Å²) in [6, 6.07) is 11.0. The molecular formula is C21H25F3N4O3. The van der Waals surface area contributed by atoms with Crippen LogP contribution >= 0.6 is 0 Å². The van der Waals surface area contributed by atoms with Gasteiger partial charge in [-0.3, -0.25) is 4.79 Å². The SMILES string of the molecule is CC(C)C(NC(=O)NCc1ccccc1)C(=O)NCc1cccnc1OCC(F)(F)F. The molecule has 1 aromatic carbocycles. The van der Waals surface area contributed by atoms with Crippen LogP contribution < -0.4 is 20.7 Å². The fourth-order valence-electron chi connectivity index (χ4n) is 2.64. The van der Waals surface area contributed by atoms with Crippen molar-refractivity contribution in [2.45, 2.75) is 39.2 Å². The molecule has 31 heavy (non-hydrogen) atoms. The molecule has 0 aliphatic heterocycles. The zero-order valence-corrected chi connectivity index (χ0v) is 17.2. The number of hydrogen-bond donors (Lipinski definition) is 3. The summed E-state index contributed by atoms with van der Waals surface area (Å²) in [5.74, 6) is -0.914. The molecule has 3 N–H and O–H groups in total. The lowest BCUT2D eigenvalue weighted by Crippen LogP contribution is -2.52. The van der Waals surface area contributed by atoms with E-state index in [2.05, 4.69) is 20.9 Å². The minimum atomic E-state index is -4.50. The maximum Gasteiger partial charge on any atom is 0.422 e. The van der Waals surface area contributed by atoms with Crippen molar-refractivity contribution in [1.82, 2.24) is 20.9 Å². The summed E-state index contributed by atoms with van der Waals surface area (Å²) in [7, 11) is 0. The maximum atomic E-state index is 12.6. The van der Waals surface area contributed by atoms with E-state index >= 15 is 0 Å². The van der Waals surface area contributed by atoms with Gasteiger partial charge < -0.3 is 20.7 Å². The highest BCUT2D eigenvalue weighted by Gasteiger charge is 2.29. The maximum absolute atomic E-state index is 12.6. The molecule has 0 aliphatic carbocycles. The van der Waals surface area contributed by atoms with Crippen molar-refractivity contribution in [3.63, 3.8) is 0 Å². The van der Waals surface area contributed by atoms with Crippen LogP contribution in [0.25, 0.3) is 0 Å². The molecule has 1 aromatic heterocycles. The fourth-order valence-corrected chi connectivity index (χ4v) is 2.64. The Morgan fingerprint density at radius 1 is 1.03 bits per heavy atom. The van der Waals surface area contributed by atoms with Gasteiger partial charge in [-0.2, -0.15) is 13.2 Å². The molecule has 10 heteroatoms. The average Bonchev–Trinajstić information content (AvgIpc) is 2.73. The predicted molar refractivity (Wildman–Crippen MR) is 108 cm³/mol. The summed E-state index contributed by atoms with van der Waals surface area (Å²) in [6.07, 6.45) is -3.20. The molecule has 1 unspecified atom stereocenters. The summed E-state index contributed by atoms with van der Waals surface area (Å²) < 4.78 is 41.9. The number of alkyl halides is 3. The molecular weight excluding hydrogens is 413 g/mol. The Morgan fingerprint density at radius 2 is 1.74 bits per heavy atom. The summed E-state index contributed by atoms with van der Waals surface area (Å²) in [6.45, 7) is 2.25. The number of carbonyl (C=O) groups is 2. The molecule has 2 aromatic rings. The van der Waals surface area contributed by atoms with E-state index in [9.17, 15) is 22.8 Å². The first-order valence-corrected chi connectivity index (χ1v) is 9.65. The number of pyridine rings is 1. The highest BCUT2D eigenvalue weighted by atomic mass is 19.4. The minimum Gasteiger partial charge on any atom is -0.468 e. The monoisotopic (exact) mass is 438 g/mol. The van der Waals surface area contributed by atoms with Gasteiger partial charge in [-0.25, -0.2) is 9.78 Å². The van der Waals surface area contributed by atoms with E-state index in [1.807, 2.05) is 30.3 Å². The number of aromatic nitrogens is 1. The van der Waals surface area contributed by atoms with E-state index in [4.69, 9.17) is 4.74 Å². The number of carbonyl (C=O) groups excluding carboxylic acids is 2. The second kappa shape index (κ2) is 11.2. The Bertz CT molecular complexity index is 860. The number of halogens is 3. The number of urea groups is 1. The molecule has 1 heterocycles. The second-order valence-electron chi connectivity index (χ2n) is 7.12. The largest absolute Gasteiger partial charge is 0.468 e. The molecule has 2 rings (SSSR count). The number of nitrogens with one attached hydrogen (secondary N) is 3. The first-order valence-electron chi connectivity index (χ1n) is 9.65. The van der Waals surface area contributed by atoms with Crippen LogP contribution in [0.5, 0.6) is 5.88 Å². The Hall–Kier alpha value is -3.30. The van der Waals surface area contributed by atoms with Crippen molar-refractivity contribution < 1.29 is 27.5 Å². The van der Waals surface area contributed by atoms with Gasteiger partial charge in [0.1, 0.15) is 6.04 Å². The van der Waals surface area contributed by atoms with Crippen molar-refractivity contribution in [3.05, 3.63) is 59.8 Å². The molecule has 7 nitrogen and oxygen atoms in total. The van der Waals surface area contributed by atoms with Crippen LogP contribution in [0.1, 0.15) is 25.0 Å². The Balaban J connectivity index is 1.92. The van der Waals surface area contributed by atoms with Gasteiger partial charge in [-0.05, 0) is 17.5 Å². The second-order valence-corrected chi connectivity index (χ2v) is 7.12. The summed E-state index contributed by atoms with van der Waals surface area (Å²) in [5.41, 5.74) is 1.20.